The first-order valence-electron chi connectivity index (χ1n) is 11.3. The molecular formula is C25H33N3. The lowest BCUT2D eigenvalue weighted by Crippen LogP contribution is -2.48. The van der Waals surface area contributed by atoms with Crippen LogP contribution in [0.5, 0.6) is 0 Å². The second kappa shape index (κ2) is 5.64. The van der Waals surface area contributed by atoms with Crippen molar-refractivity contribution in [3.63, 3.8) is 0 Å². The summed E-state index contributed by atoms with van der Waals surface area (Å²) in [6.07, 6.45) is 11.0. The largest absolute Gasteiger partial charge is 0.384 e. The summed E-state index contributed by atoms with van der Waals surface area (Å²) in [5.41, 5.74) is 7.46. The van der Waals surface area contributed by atoms with Gasteiger partial charge in [0.2, 0.25) is 0 Å². The van der Waals surface area contributed by atoms with Gasteiger partial charge in [0.15, 0.2) is 0 Å². The molecule has 2 aromatic rings. The van der Waals surface area contributed by atoms with Crippen LogP contribution in [0.1, 0.15) is 63.6 Å². The molecule has 4 aliphatic carbocycles. The lowest BCUT2D eigenvalue weighted by atomic mass is 9.49. The van der Waals surface area contributed by atoms with Gasteiger partial charge < -0.3 is 5.32 Å². The molecule has 4 saturated carbocycles. The Balaban J connectivity index is 1.31. The highest BCUT2D eigenvalue weighted by Crippen LogP contribution is 2.60. The maximum absolute atomic E-state index is 4.90. The predicted octanol–water partition coefficient (Wildman–Crippen LogP) is 5.78. The first-order valence-corrected chi connectivity index (χ1v) is 11.3. The van der Waals surface area contributed by atoms with E-state index >= 15 is 0 Å². The molecule has 1 aliphatic heterocycles. The van der Waals surface area contributed by atoms with E-state index in [-0.39, 0.29) is 5.41 Å². The maximum atomic E-state index is 4.90. The third-order valence-electron chi connectivity index (χ3n) is 8.53. The molecule has 3 heteroatoms. The number of aromatic nitrogens is 2. The molecule has 1 aromatic carbocycles. The van der Waals surface area contributed by atoms with Crippen LogP contribution in [0.2, 0.25) is 0 Å². The summed E-state index contributed by atoms with van der Waals surface area (Å²) < 4.78 is 2.35. The molecule has 0 atom stereocenters. The first-order chi connectivity index (χ1) is 13.4. The number of fused-ring (bicyclic) bond motifs is 1. The van der Waals surface area contributed by atoms with Crippen molar-refractivity contribution in [2.75, 3.05) is 11.9 Å². The van der Waals surface area contributed by atoms with Gasteiger partial charge in [0.1, 0.15) is 0 Å². The highest BCUT2D eigenvalue weighted by Gasteiger charge is 2.51. The van der Waals surface area contributed by atoms with Gasteiger partial charge >= 0.3 is 0 Å². The topological polar surface area (TPSA) is 29.9 Å². The van der Waals surface area contributed by atoms with Crippen LogP contribution in [0.3, 0.4) is 0 Å². The van der Waals surface area contributed by atoms with Crippen LogP contribution in [-0.2, 0) is 12.0 Å². The Morgan fingerprint density at radius 3 is 2.43 bits per heavy atom. The van der Waals surface area contributed by atoms with Crippen LogP contribution >= 0.6 is 0 Å². The van der Waals surface area contributed by atoms with E-state index in [1.807, 2.05) is 0 Å². The molecule has 4 bridgehead atoms. The van der Waals surface area contributed by atoms with Crippen LogP contribution in [-0.4, -0.2) is 16.3 Å². The summed E-state index contributed by atoms with van der Waals surface area (Å²) in [5, 5.41) is 8.45. The summed E-state index contributed by atoms with van der Waals surface area (Å²) in [6.45, 7) is 9.10. The van der Waals surface area contributed by atoms with Gasteiger partial charge in [-0.05, 0) is 91.9 Å². The van der Waals surface area contributed by atoms with Crippen LogP contribution in [0, 0.1) is 30.1 Å². The minimum Gasteiger partial charge on any atom is -0.384 e. The van der Waals surface area contributed by atoms with Crippen molar-refractivity contribution in [1.82, 2.24) is 9.78 Å². The molecule has 7 rings (SSSR count). The number of rotatable bonds is 3. The lowest BCUT2D eigenvalue weighted by Gasteiger charge is -2.56. The van der Waals surface area contributed by atoms with E-state index in [1.54, 1.807) is 0 Å². The molecular weight excluding hydrogens is 342 g/mol. The molecule has 2 heterocycles. The molecule has 1 aromatic heterocycles. The Morgan fingerprint density at radius 1 is 1.07 bits per heavy atom. The van der Waals surface area contributed by atoms with E-state index in [1.165, 1.54) is 66.6 Å². The van der Waals surface area contributed by atoms with Crippen LogP contribution < -0.4 is 5.32 Å². The molecule has 0 amide bonds. The van der Waals surface area contributed by atoms with Gasteiger partial charge in [0, 0.05) is 35.4 Å². The van der Waals surface area contributed by atoms with Gasteiger partial charge in [-0.3, -0.25) is 4.68 Å². The fourth-order valence-corrected chi connectivity index (χ4v) is 7.53. The second-order valence-corrected chi connectivity index (χ2v) is 11.2. The van der Waals surface area contributed by atoms with Crippen molar-refractivity contribution in [3.05, 3.63) is 35.7 Å². The Kier molecular flexibility index (Phi) is 3.45. The van der Waals surface area contributed by atoms with Gasteiger partial charge in [0.05, 0.1) is 6.20 Å². The molecule has 0 radical (unpaired) electrons. The zero-order valence-electron chi connectivity index (χ0n) is 17.6. The summed E-state index contributed by atoms with van der Waals surface area (Å²) in [6, 6.07) is 6.93. The minimum absolute atomic E-state index is 0.203. The number of nitrogens with zero attached hydrogens (tertiary/aromatic N) is 2. The lowest BCUT2D eigenvalue weighted by molar-refractivity contribution is -0.0638. The quantitative estimate of drug-likeness (QED) is 0.737. The number of hydrogen-bond donors (Lipinski definition) is 1. The minimum atomic E-state index is 0.203. The Hall–Kier alpha value is -1.77. The standard InChI is InChI=1S/C25H33N3/c1-16-21(20-4-5-23-22(9-20)24(2,3)14-26-23)13-27-28(16)15-25-10-17-6-18(11-25)8-19(7-17)12-25/h4-5,9,13,17-19,26H,6-8,10-12,14-15H2,1-3H3. The third kappa shape index (κ3) is 2.51. The fraction of sp³-hybridized carbons (Fsp3) is 0.640. The van der Waals surface area contributed by atoms with E-state index in [9.17, 15) is 0 Å². The van der Waals surface area contributed by atoms with Crippen molar-refractivity contribution in [3.8, 4) is 11.1 Å². The first kappa shape index (κ1) is 17.1. The average Bonchev–Trinajstić information content (AvgIpc) is 3.13. The Morgan fingerprint density at radius 2 is 1.75 bits per heavy atom. The molecule has 148 valence electrons. The molecule has 0 saturated heterocycles. The van der Waals surface area contributed by atoms with Crippen molar-refractivity contribution in [2.24, 2.45) is 23.2 Å². The van der Waals surface area contributed by atoms with Crippen LogP contribution in [0.25, 0.3) is 11.1 Å². The number of benzene rings is 1. The van der Waals surface area contributed by atoms with E-state index < -0.39 is 0 Å². The van der Waals surface area contributed by atoms with Crippen LogP contribution in [0.15, 0.2) is 24.4 Å². The fourth-order valence-electron chi connectivity index (χ4n) is 7.53. The smallest absolute Gasteiger partial charge is 0.0571 e. The molecule has 28 heavy (non-hydrogen) atoms. The normalized spacial score (nSPS) is 34.5. The van der Waals surface area contributed by atoms with E-state index in [0.29, 0.717) is 5.41 Å². The summed E-state index contributed by atoms with van der Waals surface area (Å²) in [5.74, 6) is 3.02. The molecule has 0 unspecified atom stereocenters. The van der Waals surface area contributed by atoms with Crippen molar-refractivity contribution in [1.29, 1.82) is 0 Å². The summed E-state index contributed by atoms with van der Waals surface area (Å²) >= 11 is 0. The number of anilines is 1. The zero-order valence-corrected chi connectivity index (χ0v) is 17.6. The zero-order chi connectivity index (χ0) is 19.1. The van der Waals surface area contributed by atoms with Crippen molar-refractivity contribution in [2.45, 2.75) is 71.3 Å². The van der Waals surface area contributed by atoms with Gasteiger partial charge in [-0.15, -0.1) is 0 Å². The molecule has 1 N–H and O–H groups in total. The molecule has 0 spiro atoms. The molecule has 3 nitrogen and oxygen atoms in total. The van der Waals surface area contributed by atoms with Crippen molar-refractivity contribution >= 4 is 5.69 Å². The Bertz CT molecular complexity index is 900. The molecule has 4 fully saturated rings. The van der Waals surface area contributed by atoms with E-state index in [4.69, 9.17) is 5.10 Å². The monoisotopic (exact) mass is 375 g/mol. The second-order valence-electron chi connectivity index (χ2n) is 11.2. The van der Waals surface area contributed by atoms with E-state index in [2.05, 4.69) is 55.2 Å². The van der Waals surface area contributed by atoms with Gasteiger partial charge in [0.25, 0.3) is 0 Å². The highest BCUT2D eigenvalue weighted by molar-refractivity contribution is 5.72. The Labute approximate surface area is 168 Å². The average molecular weight is 376 g/mol. The SMILES string of the molecule is Cc1c(-c2ccc3c(c2)C(C)(C)CN3)cnn1CC12CC3CC(CC(C3)C1)C2. The van der Waals surface area contributed by atoms with Gasteiger partial charge in [-0.25, -0.2) is 0 Å². The summed E-state index contributed by atoms with van der Waals surface area (Å²) in [7, 11) is 0. The van der Waals surface area contributed by atoms with Gasteiger partial charge in [-0.1, -0.05) is 19.9 Å². The highest BCUT2D eigenvalue weighted by atomic mass is 15.3. The predicted molar refractivity (Wildman–Crippen MR) is 115 cm³/mol. The van der Waals surface area contributed by atoms with E-state index in [0.717, 1.165) is 30.8 Å². The third-order valence-corrected chi connectivity index (χ3v) is 8.53. The summed E-state index contributed by atoms with van der Waals surface area (Å²) in [4.78, 5) is 0. The maximum Gasteiger partial charge on any atom is 0.0571 e. The molecule has 5 aliphatic rings. The van der Waals surface area contributed by atoms with Gasteiger partial charge in [-0.2, -0.15) is 5.10 Å². The van der Waals surface area contributed by atoms with Crippen LogP contribution in [0.4, 0.5) is 5.69 Å². The number of hydrogen-bond acceptors (Lipinski definition) is 2. The van der Waals surface area contributed by atoms with Crippen molar-refractivity contribution < 1.29 is 0 Å². The number of nitrogens with one attached hydrogen (secondary N) is 1.